The third-order valence-electron chi connectivity index (χ3n) is 3.44. The molecule has 0 saturated heterocycles. The van der Waals surface area contributed by atoms with Crippen molar-refractivity contribution in [3.63, 3.8) is 0 Å². The molecule has 108 valence electrons. The summed E-state index contributed by atoms with van der Waals surface area (Å²) in [4.78, 5) is 14.8. The molecule has 1 aliphatic rings. The number of carbonyl (C=O) groups excluding carboxylic acids is 1. The van der Waals surface area contributed by atoms with E-state index in [9.17, 15) is 4.79 Å². The lowest BCUT2D eigenvalue weighted by molar-refractivity contribution is -0.134. The third kappa shape index (κ3) is 2.99. The smallest absolute Gasteiger partial charge is 0.311 e. The fourth-order valence-electron chi connectivity index (χ4n) is 2.43. The minimum Gasteiger partial charge on any atom is -0.427 e. The Morgan fingerprint density at radius 1 is 1.38 bits per heavy atom. The number of aromatic amines is 1. The number of benzene rings is 1. The van der Waals surface area contributed by atoms with E-state index in [-0.39, 0.29) is 5.97 Å². The molecule has 1 aromatic carbocycles. The summed E-state index contributed by atoms with van der Waals surface area (Å²) in [5.74, 6) is 0.423. The highest BCUT2D eigenvalue weighted by Gasteiger charge is 2.17. The number of ether oxygens (including phenoxy) is 1. The van der Waals surface area contributed by atoms with E-state index in [2.05, 4.69) is 16.4 Å². The van der Waals surface area contributed by atoms with Crippen LogP contribution in [-0.4, -0.2) is 17.5 Å². The molecule has 2 heterocycles. The van der Waals surface area contributed by atoms with Crippen LogP contribution < -0.4 is 10.1 Å². The second-order valence-corrected chi connectivity index (χ2v) is 5.08. The highest BCUT2D eigenvalue weighted by atomic mass is 16.5. The molecule has 0 saturated carbocycles. The lowest BCUT2D eigenvalue weighted by Crippen LogP contribution is -2.06. The van der Waals surface area contributed by atoms with Crippen LogP contribution in [0.1, 0.15) is 31.0 Å². The topological polar surface area (TPSA) is 54.1 Å². The number of hydrogen-bond acceptors (Lipinski definition) is 3. The number of fused-ring (bicyclic) bond motifs is 1. The fourth-order valence-corrected chi connectivity index (χ4v) is 2.43. The predicted octanol–water partition coefficient (Wildman–Crippen LogP) is 3.69. The Bertz CT molecular complexity index is 672. The standard InChI is InChI=1S/C17H18N2O2/c1-2-4-17(20)21-14-6-7-16-15(10-14)12(11-19-16)9-13-5-3-8-18-13/h3,5-10,18-19H,2,4,11H2,1H3/b12-9+. The van der Waals surface area contributed by atoms with Crippen molar-refractivity contribution in [2.75, 3.05) is 11.9 Å². The van der Waals surface area contributed by atoms with Crippen molar-refractivity contribution in [3.05, 3.63) is 47.8 Å². The van der Waals surface area contributed by atoms with E-state index in [0.717, 1.165) is 29.9 Å². The van der Waals surface area contributed by atoms with Gasteiger partial charge in [0.2, 0.25) is 0 Å². The van der Waals surface area contributed by atoms with Crippen molar-refractivity contribution >= 4 is 23.3 Å². The minimum atomic E-state index is -0.182. The van der Waals surface area contributed by atoms with Crippen LogP contribution >= 0.6 is 0 Å². The molecule has 4 nitrogen and oxygen atoms in total. The molecule has 1 aromatic heterocycles. The summed E-state index contributed by atoms with van der Waals surface area (Å²) in [7, 11) is 0. The summed E-state index contributed by atoms with van der Waals surface area (Å²) in [6.45, 7) is 2.74. The third-order valence-corrected chi connectivity index (χ3v) is 3.44. The van der Waals surface area contributed by atoms with E-state index < -0.39 is 0 Å². The maximum atomic E-state index is 11.6. The first-order valence-electron chi connectivity index (χ1n) is 7.19. The summed E-state index contributed by atoms with van der Waals surface area (Å²) in [6.07, 6.45) is 5.25. The molecule has 4 heteroatoms. The lowest BCUT2D eigenvalue weighted by Gasteiger charge is -2.06. The maximum absolute atomic E-state index is 11.6. The highest BCUT2D eigenvalue weighted by molar-refractivity contribution is 5.93. The molecule has 0 aliphatic carbocycles. The molecule has 0 unspecified atom stereocenters. The number of carbonyl (C=O) groups is 1. The van der Waals surface area contributed by atoms with Gasteiger partial charge in [0.15, 0.2) is 0 Å². The first kappa shape index (κ1) is 13.5. The van der Waals surface area contributed by atoms with E-state index >= 15 is 0 Å². The number of aromatic nitrogens is 1. The van der Waals surface area contributed by atoms with Gasteiger partial charge in [-0.15, -0.1) is 0 Å². The van der Waals surface area contributed by atoms with Gasteiger partial charge in [-0.05, 0) is 48.4 Å². The molecule has 0 atom stereocenters. The van der Waals surface area contributed by atoms with Crippen molar-refractivity contribution in [1.29, 1.82) is 0 Å². The zero-order chi connectivity index (χ0) is 14.7. The molecule has 1 aliphatic heterocycles. The van der Waals surface area contributed by atoms with Crippen LogP contribution in [0.25, 0.3) is 11.6 Å². The van der Waals surface area contributed by atoms with E-state index in [1.165, 1.54) is 5.57 Å². The number of esters is 1. The van der Waals surface area contributed by atoms with Gasteiger partial charge < -0.3 is 15.0 Å². The van der Waals surface area contributed by atoms with Crippen LogP contribution in [0.4, 0.5) is 5.69 Å². The van der Waals surface area contributed by atoms with E-state index in [4.69, 9.17) is 4.74 Å². The Kier molecular flexibility index (Phi) is 3.77. The minimum absolute atomic E-state index is 0.182. The van der Waals surface area contributed by atoms with Gasteiger partial charge >= 0.3 is 5.97 Å². The summed E-state index contributed by atoms with van der Waals surface area (Å²) >= 11 is 0. The van der Waals surface area contributed by atoms with Crippen molar-refractivity contribution in [3.8, 4) is 5.75 Å². The van der Waals surface area contributed by atoms with Gasteiger partial charge in [-0.25, -0.2) is 0 Å². The average molecular weight is 282 g/mol. The number of H-pyrrole nitrogens is 1. The Morgan fingerprint density at radius 3 is 3.05 bits per heavy atom. The second kappa shape index (κ2) is 5.87. The molecule has 2 aromatic rings. The van der Waals surface area contributed by atoms with Crippen LogP contribution in [0.3, 0.4) is 0 Å². The first-order valence-corrected chi connectivity index (χ1v) is 7.19. The van der Waals surface area contributed by atoms with E-state index in [0.29, 0.717) is 12.2 Å². The summed E-state index contributed by atoms with van der Waals surface area (Å²) in [5, 5.41) is 3.35. The van der Waals surface area contributed by atoms with Gasteiger partial charge in [-0.3, -0.25) is 4.79 Å². The normalized spacial score (nSPS) is 14.8. The molecular formula is C17H18N2O2. The number of rotatable bonds is 4. The monoisotopic (exact) mass is 282 g/mol. The van der Waals surface area contributed by atoms with Crippen molar-refractivity contribution in [2.24, 2.45) is 0 Å². The van der Waals surface area contributed by atoms with Crippen molar-refractivity contribution in [1.82, 2.24) is 4.98 Å². The van der Waals surface area contributed by atoms with Gasteiger partial charge in [0.1, 0.15) is 5.75 Å². The largest absolute Gasteiger partial charge is 0.427 e. The zero-order valence-corrected chi connectivity index (χ0v) is 12.0. The fraction of sp³-hybridized carbons (Fsp3) is 0.235. The Morgan fingerprint density at radius 2 is 2.29 bits per heavy atom. The quantitative estimate of drug-likeness (QED) is 0.664. The zero-order valence-electron chi connectivity index (χ0n) is 12.0. The lowest BCUT2D eigenvalue weighted by atomic mass is 10.1. The molecule has 0 radical (unpaired) electrons. The Labute approximate surface area is 123 Å². The molecule has 3 rings (SSSR count). The summed E-state index contributed by atoms with van der Waals surface area (Å²) in [6, 6.07) is 9.71. The Balaban J connectivity index is 1.85. The van der Waals surface area contributed by atoms with E-state index in [1.54, 1.807) is 0 Å². The van der Waals surface area contributed by atoms with Crippen LogP contribution in [0.2, 0.25) is 0 Å². The number of hydrogen-bond donors (Lipinski definition) is 2. The van der Waals surface area contributed by atoms with Crippen LogP contribution in [0.5, 0.6) is 5.75 Å². The van der Waals surface area contributed by atoms with Gasteiger partial charge in [-0.2, -0.15) is 0 Å². The highest BCUT2D eigenvalue weighted by Crippen LogP contribution is 2.34. The summed E-state index contributed by atoms with van der Waals surface area (Å²) in [5.41, 5.74) is 4.41. The molecule has 0 bridgehead atoms. The molecule has 0 amide bonds. The molecule has 0 spiro atoms. The molecule has 21 heavy (non-hydrogen) atoms. The predicted molar refractivity (Wildman–Crippen MR) is 84.1 cm³/mol. The van der Waals surface area contributed by atoms with Crippen molar-refractivity contribution < 1.29 is 9.53 Å². The molecular weight excluding hydrogens is 264 g/mol. The average Bonchev–Trinajstić information content (AvgIpc) is 3.10. The van der Waals surface area contributed by atoms with Crippen molar-refractivity contribution in [2.45, 2.75) is 19.8 Å². The maximum Gasteiger partial charge on any atom is 0.311 e. The SMILES string of the molecule is CCCC(=O)Oc1ccc2c(c1)/C(=C/c1ccc[nH]1)CN2. The molecule has 0 fully saturated rings. The van der Waals surface area contributed by atoms with Crippen LogP contribution in [0.15, 0.2) is 36.5 Å². The van der Waals surface area contributed by atoms with Gasteiger partial charge in [0.25, 0.3) is 0 Å². The van der Waals surface area contributed by atoms with E-state index in [1.807, 2.05) is 43.5 Å². The number of anilines is 1. The van der Waals surface area contributed by atoms with Gasteiger partial charge in [0, 0.05) is 36.1 Å². The van der Waals surface area contributed by atoms with Crippen LogP contribution in [-0.2, 0) is 4.79 Å². The van der Waals surface area contributed by atoms with Gasteiger partial charge in [-0.1, -0.05) is 6.92 Å². The Hall–Kier alpha value is -2.49. The second-order valence-electron chi connectivity index (χ2n) is 5.08. The number of nitrogens with one attached hydrogen (secondary N) is 2. The van der Waals surface area contributed by atoms with Gasteiger partial charge in [0.05, 0.1) is 0 Å². The first-order chi connectivity index (χ1) is 10.3. The molecule has 2 N–H and O–H groups in total. The summed E-state index contributed by atoms with van der Waals surface area (Å²) < 4.78 is 5.36. The van der Waals surface area contributed by atoms with Crippen LogP contribution in [0, 0.1) is 0 Å².